The quantitative estimate of drug-likeness (QED) is 0.577. The molecular formula is C13H31NO2Si. The molecule has 0 atom stereocenters. The molecule has 0 rings (SSSR count). The fourth-order valence-electron chi connectivity index (χ4n) is 1.72. The third kappa shape index (κ3) is 7.92. The molecule has 0 bridgehead atoms. The third-order valence-corrected chi connectivity index (χ3v) is 5.82. The Morgan fingerprint density at radius 3 is 1.82 bits per heavy atom. The van der Waals surface area contributed by atoms with Crippen LogP contribution in [0.5, 0.6) is 0 Å². The molecule has 0 amide bonds. The van der Waals surface area contributed by atoms with Gasteiger partial charge >= 0.3 is 8.72 Å². The smallest absolute Gasteiger partial charge is 0.383 e. The standard InChI is InChI=1S/C13H31NO2Si/c1-6-9-12-17(14-13(4)5,15-10-7-2)16-11-8-3/h13-14H,6-12H2,1-5H3. The average Bonchev–Trinajstić information content (AvgIpc) is 2.30. The van der Waals surface area contributed by atoms with Crippen molar-refractivity contribution in [3.8, 4) is 0 Å². The molecule has 0 aliphatic heterocycles. The second-order valence-electron chi connectivity index (χ2n) is 4.85. The first-order chi connectivity index (χ1) is 8.10. The molecule has 0 saturated heterocycles. The molecule has 0 fully saturated rings. The van der Waals surface area contributed by atoms with Crippen LogP contribution in [0, 0.1) is 0 Å². The van der Waals surface area contributed by atoms with Gasteiger partial charge in [0.1, 0.15) is 0 Å². The summed E-state index contributed by atoms with van der Waals surface area (Å²) in [6.45, 7) is 12.5. The predicted octanol–water partition coefficient (Wildman–Crippen LogP) is 3.58. The van der Waals surface area contributed by atoms with Crippen molar-refractivity contribution in [1.82, 2.24) is 4.98 Å². The van der Waals surface area contributed by atoms with E-state index in [1.54, 1.807) is 0 Å². The average molecular weight is 261 g/mol. The van der Waals surface area contributed by atoms with E-state index in [0.717, 1.165) is 32.1 Å². The highest BCUT2D eigenvalue weighted by Gasteiger charge is 2.38. The predicted molar refractivity (Wildman–Crippen MR) is 76.2 cm³/mol. The van der Waals surface area contributed by atoms with Gasteiger partial charge < -0.3 is 8.85 Å². The molecule has 104 valence electrons. The molecule has 0 aromatic heterocycles. The van der Waals surface area contributed by atoms with Crippen LogP contribution in [-0.2, 0) is 8.85 Å². The maximum absolute atomic E-state index is 6.10. The SMILES string of the molecule is CCCC[Si](NC(C)C)(OCCC)OCCC. The second-order valence-corrected chi connectivity index (χ2v) is 7.72. The highest BCUT2D eigenvalue weighted by atomic mass is 28.4. The lowest BCUT2D eigenvalue weighted by atomic mass is 10.4. The van der Waals surface area contributed by atoms with Gasteiger partial charge in [-0.05, 0) is 18.9 Å². The summed E-state index contributed by atoms with van der Waals surface area (Å²) >= 11 is 0. The van der Waals surface area contributed by atoms with Crippen molar-refractivity contribution >= 4 is 8.72 Å². The minimum atomic E-state index is -2.17. The molecule has 0 aliphatic carbocycles. The Hall–Kier alpha value is 0.0969. The molecule has 0 unspecified atom stereocenters. The summed E-state index contributed by atoms with van der Waals surface area (Å²) in [7, 11) is -2.17. The van der Waals surface area contributed by atoms with E-state index in [0.29, 0.717) is 6.04 Å². The topological polar surface area (TPSA) is 30.5 Å². The first-order valence-corrected chi connectivity index (χ1v) is 9.18. The summed E-state index contributed by atoms with van der Waals surface area (Å²) in [4.78, 5) is 3.59. The van der Waals surface area contributed by atoms with Crippen molar-refractivity contribution < 1.29 is 8.85 Å². The number of hydrogen-bond donors (Lipinski definition) is 1. The van der Waals surface area contributed by atoms with E-state index < -0.39 is 8.72 Å². The first-order valence-electron chi connectivity index (χ1n) is 7.15. The Kier molecular flexibility index (Phi) is 10.1. The molecule has 0 radical (unpaired) electrons. The zero-order chi connectivity index (χ0) is 13.1. The minimum absolute atomic E-state index is 0.423. The van der Waals surface area contributed by atoms with Gasteiger partial charge in [0.05, 0.1) is 0 Å². The van der Waals surface area contributed by atoms with Crippen molar-refractivity contribution in [3.63, 3.8) is 0 Å². The van der Waals surface area contributed by atoms with Crippen LogP contribution in [0.15, 0.2) is 0 Å². The van der Waals surface area contributed by atoms with Crippen molar-refractivity contribution in [1.29, 1.82) is 0 Å². The Bertz CT molecular complexity index is 155. The normalized spacial score (nSPS) is 12.4. The Morgan fingerprint density at radius 2 is 1.47 bits per heavy atom. The molecule has 0 aromatic rings. The number of hydrogen-bond acceptors (Lipinski definition) is 3. The van der Waals surface area contributed by atoms with Crippen molar-refractivity contribution in [2.24, 2.45) is 0 Å². The van der Waals surface area contributed by atoms with E-state index in [4.69, 9.17) is 8.85 Å². The maximum Gasteiger partial charge on any atom is 0.425 e. The van der Waals surface area contributed by atoms with Gasteiger partial charge in [-0.25, -0.2) is 0 Å². The second kappa shape index (κ2) is 10.1. The van der Waals surface area contributed by atoms with Gasteiger partial charge in [-0.1, -0.05) is 47.5 Å². The van der Waals surface area contributed by atoms with Crippen molar-refractivity contribution in [2.75, 3.05) is 13.2 Å². The summed E-state index contributed by atoms with van der Waals surface area (Å²) in [6.07, 6.45) is 4.48. The molecule has 0 spiro atoms. The molecule has 0 aliphatic rings. The van der Waals surface area contributed by atoms with Gasteiger partial charge in [0.25, 0.3) is 0 Å². The Balaban J connectivity index is 4.51. The Morgan fingerprint density at radius 1 is 0.941 bits per heavy atom. The van der Waals surface area contributed by atoms with Gasteiger partial charge in [-0.2, -0.15) is 0 Å². The van der Waals surface area contributed by atoms with Crippen LogP contribution in [0.3, 0.4) is 0 Å². The number of rotatable bonds is 11. The summed E-state index contributed by atoms with van der Waals surface area (Å²) in [6, 6.07) is 1.48. The maximum atomic E-state index is 6.10. The zero-order valence-corrected chi connectivity index (χ0v) is 13.3. The molecule has 0 saturated carbocycles. The summed E-state index contributed by atoms with van der Waals surface area (Å²) in [5.41, 5.74) is 0. The van der Waals surface area contributed by atoms with E-state index in [1.807, 2.05) is 0 Å². The van der Waals surface area contributed by atoms with Gasteiger partial charge in [-0.3, -0.25) is 4.98 Å². The fraction of sp³-hybridized carbons (Fsp3) is 1.00. The van der Waals surface area contributed by atoms with Gasteiger partial charge in [0.2, 0.25) is 0 Å². The molecule has 17 heavy (non-hydrogen) atoms. The van der Waals surface area contributed by atoms with Gasteiger partial charge in [0.15, 0.2) is 0 Å². The van der Waals surface area contributed by atoms with Crippen molar-refractivity contribution in [2.45, 2.75) is 72.4 Å². The van der Waals surface area contributed by atoms with Crippen molar-refractivity contribution in [3.05, 3.63) is 0 Å². The number of nitrogens with one attached hydrogen (secondary N) is 1. The summed E-state index contributed by atoms with van der Waals surface area (Å²) < 4.78 is 12.2. The van der Waals surface area contributed by atoms with E-state index in [-0.39, 0.29) is 0 Å². The highest BCUT2D eigenvalue weighted by molar-refractivity contribution is 6.64. The van der Waals surface area contributed by atoms with Crippen LogP contribution in [0.1, 0.15) is 60.3 Å². The summed E-state index contributed by atoms with van der Waals surface area (Å²) in [5, 5.41) is 0. The largest absolute Gasteiger partial charge is 0.425 e. The molecular weight excluding hydrogens is 230 g/mol. The molecule has 0 heterocycles. The van der Waals surface area contributed by atoms with E-state index in [2.05, 4.69) is 39.6 Å². The first kappa shape index (κ1) is 17.1. The molecule has 4 heteroatoms. The van der Waals surface area contributed by atoms with E-state index >= 15 is 0 Å². The van der Waals surface area contributed by atoms with Gasteiger partial charge in [0, 0.05) is 19.3 Å². The van der Waals surface area contributed by atoms with E-state index in [9.17, 15) is 0 Å². The van der Waals surface area contributed by atoms with Crippen LogP contribution >= 0.6 is 0 Å². The number of unbranched alkanes of at least 4 members (excludes halogenated alkanes) is 1. The lowest BCUT2D eigenvalue weighted by molar-refractivity contribution is 0.152. The molecule has 3 nitrogen and oxygen atoms in total. The highest BCUT2D eigenvalue weighted by Crippen LogP contribution is 2.16. The summed E-state index contributed by atoms with van der Waals surface area (Å²) in [5.74, 6) is 0. The molecule has 1 N–H and O–H groups in total. The molecule has 0 aromatic carbocycles. The Labute approximate surface area is 109 Å². The zero-order valence-electron chi connectivity index (χ0n) is 12.3. The third-order valence-electron chi connectivity index (χ3n) is 2.45. The fourth-order valence-corrected chi connectivity index (χ4v) is 5.17. The van der Waals surface area contributed by atoms with Crippen LogP contribution in [0.4, 0.5) is 0 Å². The minimum Gasteiger partial charge on any atom is -0.383 e. The lowest BCUT2D eigenvalue weighted by Gasteiger charge is -2.32. The monoisotopic (exact) mass is 261 g/mol. The lowest BCUT2D eigenvalue weighted by Crippen LogP contribution is -2.59. The van der Waals surface area contributed by atoms with Crippen LogP contribution in [0.25, 0.3) is 0 Å². The van der Waals surface area contributed by atoms with Crippen LogP contribution in [-0.4, -0.2) is 28.0 Å². The van der Waals surface area contributed by atoms with Gasteiger partial charge in [-0.15, -0.1) is 0 Å². The van der Waals surface area contributed by atoms with Crippen LogP contribution in [0.2, 0.25) is 6.04 Å². The van der Waals surface area contributed by atoms with Crippen LogP contribution < -0.4 is 4.98 Å². The van der Waals surface area contributed by atoms with E-state index in [1.165, 1.54) is 12.8 Å².